The van der Waals surface area contributed by atoms with Crippen LogP contribution >= 0.6 is 11.6 Å². The summed E-state index contributed by atoms with van der Waals surface area (Å²) in [4.78, 5) is 39.2. The van der Waals surface area contributed by atoms with Gasteiger partial charge in [0.2, 0.25) is 5.95 Å². The Morgan fingerprint density at radius 1 is 1.31 bits per heavy atom. The van der Waals surface area contributed by atoms with Gasteiger partial charge >= 0.3 is 0 Å². The second-order valence-electron chi connectivity index (χ2n) is 6.46. The molecule has 0 fully saturated rings. The summed E-state index contributed by atoms with van der Waals surface area (Å²) in [6.07, 6.45) is 1.57. The van der Waals surface area contributed by atoms with E-state index < -0.39 is 10.5 Å². The number of benzene rings is 1. The number of likely N-dealkylation sites (N-methyl/N-ethyl adjacent to an activating group) is 1. The minimum absolute atomic E-state index is 0.0844. The summed E-state index contributed by atoms with van der Waals surface area (Å²) in [7, 11) is 5.26. The number of hydrogen-bond acceptors (Lipinski definition) is 8. The number of rotatable bonds is 7. The van der Waals surface area contributed by atoms with Gasteiger partial charge in [-0.15, -0.1) is 4.73 Å². The van der Waals surface area contributed by atoms with Crippen LogP contribution in [-0.2, 0) is 0 Å². The number of fused-ring (bicyclic) bond motifs is 1. The number of anilines is 1. The van der Waals surface area contributed by atoms with Crippen molar-refractivity contribution in [3.8, 4) is 11.1 Å². The van der Waals surface area contributed by atoms with Crippen LogP contribution in [0.1, 0.15) is 0 Å². The van der Waals surface area contributed by atoms with Crippen LogP contribution in [0.5, 0.6) is 0 Å². The van der Waals surface area contributed by atoms with E-state index >= 15 is 0 Å². The van der Waals surface area contributed by atoms with E-state index in [1.807, 2.05) is 19.0 Å². The van der Waals surface area contributed by atoms with Gasteiger partial charge in [-0.1, -0.05) is 11.6 Å². The summed E-state index contributed by atoms with van der Waals surface area (Å²) in [5, 5.41) is 14.6. The number of nitrogens with one attached hydrogen (secondary N) is 1. The van der Waals surface area contributed by atoms with Crippen LogP contribution in [0.25, 0.3) is 22.2 Å². The molecule has 0 atom stereocenters. The fourth-order valence-corrected chi connectivity index (χ4v) is 3.02. The van der Waals surface area contributed by atoms with Crippen molar-refractivity contribution in [3.05, 3.63) is 56.0 Å². The molecule has 152 valence electrons. The Hall–Kier alpha value is -3.24. The largest absolute Gasteiger partial charge is 0.412 e. The zero-order valence-corrected chi connectivity index (χ0v) is 16.8. The van der Waals surface area contributed by atoms with E-state index in [1.54, 1.807) is 12.3 Å². The Labute approximate surface area is 170 Å². The second kappa shape index (κ2) is 8.41. The predicted molar refractivity (Wildman–Crippen MR) is 110 cm³/mol. The molecule has 29 heavy (non-hydrogen) atoms. The molecule has 0 aliphatic heterocycles. The second-order valence-corrected chi connectivity index (χ2v) is 6.87. The topological polar surface area (TPSA) is 115 Å². The summed E-state index contributed by atoms with van der Waals surface area (Å²) in [6.45, 7) is 1.42. The first kappa shape index (κ1) is 20.5. The lowest BCUT2D eigenvalue weighted by molar-refractivity contribution is -0.384. The molecule has 0 bridgehead atoms. The molecule has 0 radical (unpaired) electrons. The monoisotopic (exact) mass is 418 g/mol. The number of non-ortho nitro benzene ring substituents is 1. The van der Waals surface area contributed by atoms with E-state index in [9.17, 15) is 14.9 Å². The van der Waals surface area contributed by atoms with Crippen molar-refractivity contribution in [2.45, 2.75) is 0 Å². The first-order chi connectivity index (χ1) is 13.8. The van der Waals surface area contributed by atoms with Crippen LogP contribution < -0.4 is 15.7 Å². The quantitative estimate of drug-likeness (QED) is 0.458. The van der Waals surface area contributed by atoms with Crippen LogP contribution in [0.2, 0.25) is 5.02 Å². The summed E-state index contributed by atoms with van der Waals surface area (Å²) in [5.74, 6) is 0.366. The highest BCUT2D eigenvalue weighted by atomic mass is 35.5. The van der Waals surface area contributed by atoms with Crippen molar-refractivity contribution in [2.75, 3.05) is 39.6 Å². The van der Waals surface area contributed by atoms with Gasteiger partial charge in [0, 0.05) is 42.4 Å². The van der Waals surface area contributed by atoms with Gasteiger partial charge in [-0.3, -0.25) is 14.9 Å². The lowest BCUT2D eigenvalue weighted by atomic mass is 10.1. The predicted octanol–water partition coefficient (Wildman–Crippen LogP) is 2.05. The van der Waals surface area contributed by atoms with Crippen LogP contribution in [0, 0.1) is 10.1 Å². The summed E-state index contributed by atoms with van der Waals surface area (Å²) < 4.78 is 1.04. The lowest BCUT2D eigenvalue weighted by Crippen LogP contribution is -2.27. The number of nitro groups is 1. The number of aromatic nitrogens is 3. The standard InChI is InChI=1S/C18H19ClN6O4/c1-23(2)7-6-20-18-21-10-11-8-14(17(26)24(29-3)16(11)22-18)13-5-4-12(25(27)28)9-15(13)19/h4-5,8-10H,6-7H2,1-3H3,(H,20,21,22). The molecule has 2 heterocycles. The van der Waals surface area contributed by atoms with Crippen LogP contribution in [0.4, 0.5) is 11.6 Å². The molecule has 1 N–H and O–H groups in total. The third-order valence-electron chi connectivity index (χ3n) is 4.18. The zero-order chi connectivity index (χ0) is 21.1. The maximum Gasteiger partial charge on any atom is 0.293 e. The Morgan fingerprint density at radius 3 is 2.69 bits per heavy atom. The van der Waals surface area contributed by atoms with Crippen molar-refractivity contribution in [1.82, 2.24) is 19.6 Å². The highest BCUT2D eigenvalue weighted by molar-refractivity contribution is 6.33. The average molecular weight is 419 g/mol. The van der Waals surface area contributed by atoms with E-state index in [0.717, 1.165) is 11.3 Å². The summed E-state index contributed by atoms with van der Waals surface area (Å²) in [6, 6.07) is 5.51. The van der Waals surface area contributed by atoms with Gasteiger partial charge < -0.3 is 15.1 Å². The van der Waals surface area contributed by atoms with Crippen molar-refractivity contribution < 1.29 is 9.76 Å². The van der Waals surface area contributed by atoms with Gasteiger partial charge in [0.1, 0.15) is 7.11 Å². The van der Waals surface area contributed by atoms with Gasteiger partial charge in [0.05, 0.1) is 15.5 Å². The number of nitrogens with zero attached hydrogens (tertiary/aromatic N) is 5. The molecule has 11 heteroatoms. The van der Waals surface area contributed by atoms with E-state index in [1.165, 1.54) is 25.3 Å². The Balaban J connectivity index is 2.08. The normalized spacial score (nSPS) is 11.1. The first-order valence-electron chi connectivity index (χ1n) is 8.62. The molecule has 1 aromatic carbocycles. The molecule has 2 aromatic heterocycles. The molecule has 3 aromatic rings. The van der Waals surface area contributed by atoms with E-state index in [-0.39, 0.29) is 16.3 Å². The smallest absolute Gasteiger partial charge is 0.293 e. The number of nitro benzene ring substituents is 1. The molecular formula is C18H19ClN6O4. The van der Waals surface area contributed by atoms with Crippen LogP contribution in [0.15, 0.2) is 35.3 Å². The molecule has 0 saturated heterocycles. The maximum absolute atomic E-state index is 13.0. The number of halogens is 1. The van der Waals surface area contributed by atoms with Gasteiger partial charge in [0.25, 0.3) is 11.2 Å². The van der Waals surface area contributed by atoms with E-state index in [0.29, 0.717) is 29.1 Å². The minimum atomic E-state index is -0.553. The van der Waals surface area contributed by atoms with Gasteiger partial charge in [-0.05, 0) is 26.2 Å². The summed E-state index contributed by atoms with van der Waals surface area (Å²) in [5.41, 5.74) is 0.207. The minimum Gasteiger partial charge on any atom is -0.412 e. The van der Waals surface area contributed by atoms with Gasteiger partial charge in [-0.2, -0.15) is 4.98 Å². The Morgan fingerprint density at radius 2 is 2.07 bits per heavy atom. The highest BCUT2D eigenvalue weighted by Crippen LogP contribution is 2.30. The maximum atomic E-state index is 13.0. The molecule has 0 aliphatic rings. The fraction of sp³-hybridized carbons (Fsp3) is 0.278. The third-order valence-corrected chi connectivity index (χ3v) is 4.49. The number of hydrogen-bond donors (Lipinski definition) is 1. The van der Waals surface area contributed by atoms with Crippen molar-refractivity contribution >= 4 is 34.3 Å². The van der Waals surface area contributed by atoms with Gasteiger partial charge in [0.15, 0.2) is 5.65 Å². The van der Waals surface area contributed by atoms with Crippen LogP contribution in [-0.4, -0.2) is 58.8 Å². The molecule has 0 unspecified atom stereocenters. The number of pyridine rings is 1. The molecule has 0 aliphatic carbocycles. The van der Waals surface area contributed by atoms with Crippen molar-refractivity contribution in [2.24, 2.45) is 0 Å². The van der Waals surface area contributed by atoms with E-state index in [4.69, 9.17) is 16.4 Å². The molecule has 0 saturated carbocycles. The van der Waals surface area contributed by atoms with Crippen LogP contribution in [0.3, 0.4) is 0 Å². The Bertz CT molecular complexity index is 1130. The third kappa shape index (κ3) is 4.28. The van der Waals surface area contributed by atoms with Crippen molar-refractivity contribution in [3.63, 3.8) is 0 Å². The van der Waals surface area contributed by atoms with E-state index in [2.05, 4.69) is 15.3 Å². The fourth-order valence-electron chi connectivity index (χ4n) is 2.74. The van der Waals surface area contributed by atoms with Crippen molar-refractivity contribution in [1.29, 1.82) is 0 Å². The summed E-state index contributed by atoms with van der Waals surface area (Å²) >= 11 is 6.20. The highest BCUT2D eigenvalue weighted by Gasteiger charge is 2.18. The molecule has 0 spiro atoms. The molecule has 10 nitrogen and oxygen atoms in total. The molecule has 0 amide bonds. The SMILES string of the molecule is COn1c(=O)c(-c2ccc([N+](=O)[O-])cc2Cl)cc2cnc(NCCN(C)C)nc21. The molecule has 3 rings (SSSR count). The van der Waals surface area contributed by atoms with Gasteiger partial charge in [-0.25, -0.2) is 4.98 Å². The zero-order valence-electron chi connectivity index (χ0n) is 16.0. The Kier molecular flexibility index (Phi) is 5.95. The average Bonchev–Trinajstić information content (AvgIpc) is 2.67. The first-order valence-corrected chi connectivity index (χ1v) is 9.00. The molecular weight excluding hydrogens is 400 g/mol. The lowest BCUT2D eigenvalue weighted by Gasteiger charge is -2.13.